The van der Waals surface area contributed by atoms with Crippen LogP contribution in [0, 0.1) is 23.7 Å². The van der Waals surface area contributed by atoms with Gasteiger partial charge in [-0.3, -0.25) is 9.59 Å². The number of imide groups is 1. The highest BCUT2D eigenvalue weighted by molar-refractivity contribution is 9.10. The predicted molar refractivity (Wildman–Crippen MR) is 104 cm³/mol. The van der Waals surface area contributed by atoms with Crippen molar-refractivity contribution in [2.24, 2.45) is 28.8 Å². The third kappa shape index (κ3) is 2.98. The largest absolute Gasteiger partial charge is 0.493 e. The van der Waals surface area contributed by atoms with E-state index in [1.165, 1.54) is 6.21 Å². The Morgan fingerprint density at radius 2 is 1.67 bits per heavy atom. The molecule has 0 radical (unpaired) electrons. The number of amides is 2. The van der Waals surface area contributed by atoms with E-state index < -0.39 is 0 Å². The Balaban J connectivity index is 1.60. The Morgan fingerprint density at radius 3 is 2.26 bits per heavy atom. The molecule has 1 aromatic rings. The number of hydrogen-bond acceptors (Lipinski definition) is 5. The summed E-state index contributed by atoms with van der Waals surface area (Å²) in [5, 5.41) is 5.28. The average molecular weight is 433 g/mol. The van der Waals surface area contributed by atoms with Gasteiger partial charge in [0.15, 0.2) is 0 Å². The highest BCUT2D eigenvalue weighted by Gasteiger charge is 2.59. The second kappa shape index (κ2) is 7.11. The fourth-order valence-corrected chi connectivity index (χ4v) is 4.79. The first-order chi connectivity index (χ1) is 13.0. The van der Waals surface area contributed by atoms with Crippen LogP contribution in [0.4, 0.5) is 0 Å². The zero-order valence-corrected chi connectivity index (χ0v) is 16.8. The number of fused-ring (bicyclic) bond motifs is 5. The van der Waals surface area contributed by atoms with Crippen molar-refractivity contribution in [1.82, 2.24) is 5.01 Å². The summed E-state index contributed by atoms with van der Waals surface area (Å²) in [6, 6.07) is 3.60. The van der Waals surface area contributed by atoms with Crippen LogP contribution in [0.5, 0.6) is 11.5 Å². The Bertz CT molecular complexity index is 821. The van der Waals surface area contributed by atoms with Crippen LogP contribution in [-0.2, 0) is 9.59 Å². The number of hydrazone groups is 1. The number of allylic oxidation sites excluding steroid dienone is 2. The van der Waals surface area contributed by atoms with E-state index in [0.29, 0.717) is 30.3 Å². The van der Waals surface area contributed by atoms with Gasteiger partial charge in [-0.25, -0.2) is 0 Å². The molecule has 142 valence electrons. The fraction of sp³-hybridized carbons (Fsp3) is 0.450. The van der Waals surface area contributed by atoms with Crippen LogP contribution in [0.3, 0.4) is 0 Å². The summed E-state index contributed by atoms with van der Waals surface area (Å²) >= 11 is 3.48. The van der Waals surface area contributed by atoms with Crippen molar-refractivity contribution in [2.75, 3.05) is 13.2 Å². The number of carbonyl (C=O) groups is 2. The Morgan fingerprint density at radius 1 is 1.07 bits per heavy atom. The molecule has 4 rings (SSSR count). The first kappa shape index (κ1) is 18.2. The molecule has 7 heteroatoms. The maximum atomic E-state index is 12.7. The minimum Gasteiger partial charge on any atom is -0.493 e. The average Bonchev–Trinajstić information content (AvgIpc) is 3.32. The van der Waals surface area contributed by atoms with Crippen LogP contribution in [0.25, 0.3) is 0 Å². The molecule has 1 aliphatic heterocycles. The van der Waals surface area contributed by atoms with E-state index >= 15 is 0 Å². The molecule has 4 atom stereocenters. The van der Waals surface area contributed by atoms with Gasteiger partial charge in [-0.1, -0.05) is 12.2 Å². The standard InChI is InChI=1S/C20H21BrN2O4/c1-3-26-15-9-16(27-4-2)14(21)8-13(15)10-22-23-19(24)17-11-5-6-12(7-11)18(17)20(23)25/h5-6,8-12,17-18H,3-4,7H2,1-2H3/t11-,12-,17-,18+/m0/s1. The molecule has 1 saturated carbocycles. The molecule has 27 heavy (non-hydrogen) atoms. The first-order valence-electron chi connectivity index (χ1n) is 9.24. The Labute approximate surface area is 166 Å². The molecule has 1 heterocycles. The van der Waals surface area contributed by atoms with E-state index in [2.05, 4.69) is 33.2 Å². The van der Waals surface area contributed by atoms with Gasteiger partial charge >= 0.3 is 0 Å². The lowest BCUT2D eigenvalue weighted by molar-refractivity contribution is -0.140. The number of carbonyl (C=O) groups excluding carboxylic acids is 2. The molecule has 2 fully saturated rings. The van der Waals surface area contributed by atoms with Crippen LogP contribution in [0.1, 0.15) is 25.8 Å². The Hall–Kier alpha value is -2.15. The lowest BCUT2D eigenvalue weighted by Crippen LogP contribution is -2.28. The molecule has 2 bridgehead atoms. The summed E-state index contributed by atoms with van der Waals surface area (Å²) in [6.07, 6.45) is 6.56. The smallest absolute Gasteiger partial charge is 0.254 e. The van der Waals surface area contributed by atoms with Crippen LogP contribution >= 0.6 is 15.9 Å². The van der Waals surface area contributed by atoms with Crippen molar-refractivity contribution in [2.45, 2.75) is 20.3 Å². The number of halogens is 1. The predicted octanol–water partition coefficient (Wildman–Crippen LogP) is 3.39. The van der Waals surface area contributed by atoms with Crippen molar-refractivity contribution in [3.8, 4) is 11.5 Å². The second-order valence-corrected chi connectivity index (χ2v) is 7.77. The molecule has 1 aromatic carbocycles. The fourth-order valence-electron chi connectivity index (χ4n) is 4.32. The van der Waals surface area contributed by atoms with E-state index in [4.69, 9.17) is 9.47 Å². The Kier molecular flexibility index (Phi) is 4.80. The highest BCUT2D eigenvalue weighted by Crippen LogP contribution is 2.52. The van der Waals surface area contributed by atoms with E-state index in [1.54, 1.807) is 6.07 Å². The van der Waals surface area contributed by atoms with Gasteiger partial charge < -0.3 is 9.47 Å². The van der Waals surface area contributed by atoms with E-state index in [-0.39, 0.29) is 35.5 Å². The number of ether oxygens (including phenoxy) is 2. The van der Waals surface area contributed by atoms with Gasteiger partial charge in [-0.05, 0) is 54.1 Å². The highest BCUT2D eigenvalue weighted by atomic mass is 79.9. The third-order valence-electron chi connectivity index (χ3n) is 5.42. The number of hydrogen-bond donors (Lipinski definition) is 0. The van der Waals surface area contributed by atoms with Crippen molar-refractivity contribution < 1.29 is 19.1 Å². The molecule has 0 aromatic heterocycles. The molecule has 0 spiro atoms. The van der Waals surface area contributed by atoms with Gasteiger partial charge in [0.2, 0.25) is 0 Å². The van der Waals surface area contributed by atoms with Crippen LogP contribution < -0.4 is 9.47 Å². The van der Waals surface area contributed by atoms with Gasteiger partial charge in [0, 0.05) is 11.6 Å². The summed E-state index contributed by atoms with van der Waals surface area (Å²) in [4.78, 5) is 25.4. The van der Waals surface area contributed by atoms with Crippen molar-refractivity contribution in [3.63, 3.8) is 0 Å². The quantitative estimate of drug-likeness (QED) is 0.392. The SMILES string of the molecule is CCOc1cc(OCC)c(C=NN2C(=O)[C@@H]3[C@H](C2=O)[C@H]2C=C[C@H]3C2)cc1Br. The zero-order chi connectivity index (χ0) is 19.1. The molecule has 2 amide bonds. The molecule has 1 saturated heterocycles. The van der Waals surface area contributed by atoms with Gasteiger partial charge in [0.25, 0.3) is 11.8 Å². The van der Waals surface area contributed by atoms with Crippen LogP contribution in [-0.4, -0.2) is 36.3 Å². The maximum absolute atomic E-state index is 12.7. The summed E-state index contributed by atoms with van der Waals surface area (Å²) in [5.41, 5.74) is 0.672. The van der Waals surface area contributed by atoms with Gasteiger partial charge in [0.1, 0.15) is 11.5 Å². The van der Waals surface area contributed by atoms with Crippen LogP contribution in [0.15, 0.2) is 33.9 Å². The lowest BCUT2D eigenvalue weighted by Gasteiger charge is -2.14. The normalized spacial score (nSPS) is 28.5. The zero-order valence-electron chi connectivity index (χ0n) is 15.2. The molecular formula is C20H21BrN2O4. The van der Waals surface area contributed by atoms with Crippen molar-refractivity contribution >= 4 is 34.0 Å². The van der Waals surface area contributed by atoms with E-state index in [0.717, 1.165) is 15.9 Å². The first-order valence-corrected chi connectivity index (χ1v) is 10.0. The van der Waals surface area contributed by atoms with E-state index in [1.807, 2.05) is 19.9 Å². The van der Waals surface area contributed by atoms with Crippen molar-refractivity contribution in [1.29, 1.82) is 0 Å². The van der Waals surface area contributed by atoms with Gasteiger partial charge in [0.05, 0.1) is 35.7 Å². The molecular weight excluding hydrogens is 412 g/mol. The number of nitrogens with zero attached hydrogens (tertiary/aromatic N) is 2. The molecule has 2 aliphatic carbocycles. The van der Waals surface area contributed by atoms with Gasteiger partial charge in [-0.15, -0.1) is 0 Å². The van der Waals surface area contributed by atoms with Crippen LogP contribution in [0.2, 0.25) is 0 Å². The maximum Gasteiger partial charge on any atom is 0.254 e. The van der Waals surface area contributed by atoms with E-state index in [9.17, 15) is 9.59 Å². The summed E-state index contributed by atoms with van der Waals surface area (Å²) in [6.45, 7) is 4.81. The number of rotatable bonds is 6. The number of benzene rings is 1. The molecule has 0 unspecified atom stereocenters. The third-order valence-corrected chi connectivity index (χ3v) is 6.04. The summed E-state index contributed by atoms with van der Waals surface area (Å²) in [7, 11) is 0. The molecule has 0 N–H and O–H groups in total. The summed E-state index contributed by atoms with van der Waals surface area (Å²) < 4.78 is 12.0. The molecule has 3 aliphatic rings. The minimum atomic E-state index is -0.247. The molecule has 6 nitrogen and oxygen atoms in total. The lowest BCUT2D eigenvalue weighted by atomic mass is 9.85. The van der Waals surface area contributed by atoms with Gasteiger partial charge in [-0.2, -0.15) is 10.1 Å². The second-order valence-electron chi connectivity index (χ2n) is 6.92. The monoisotopic (exact) mass is 432 g/mol. The van der Waals surface area contributed by atoms with Crippen molar-refractivity contribution in [3.05, 3.63) is 34.3 Å². The summed E-state index contributed by atoms with van der Waals surface area (Å²) in [5.74, 6) is 0.733. The minimum absolute atomic E-state index is 0.176. The topological polar surface area (TPSA) is 68.2 Å².